The third-order valence-corrected chi connectivity index (χ3v) is 5.27. The predicted molar refractivity (Wildman–Crippen MR) is 97.3 cm³/mol. The summed E-state index contributed by atoms with van der Waals surface area (Å²) in [6, 6.07) is 10.4. The largest absolute Gasteiger partial charge is 0.375 e. The first kappa shape index (κ1) is 18.8. The van der Waals surface area contributed by atoms with E-state index < -0.39 is 0 Å². The zero-order valence-corrected chi connectivity index (χ0v) is 15.6. The van der Waals surface area contributed by atoms with E-state index in [0.29, 0.717) is 24.1 Å². The molecule has 3 rings (SSSR count). The average Bonchev–Trinajstić information content (AvgIpc) is 3.05. The fourth-order valence-electron chi connectivity index (χ4n) is 3.87. The Balaban J connectivity index is 1.54. The molecular formula is C20H27N3O3. The minimum absolute atomic E-state index is 0.00401. The summed E-state index contributed by atoms with van der Waals surface area (Å²) in [7, 11) is 3.48. The molecule has 1 saturated heterocycles. The molecule has 26 heavy (non-hydrogen) atoms. The highest BCUT2D eigenvalue weighted by Gasteiger charge is 2.40. The summed E-state index contributed by atoms with van der Waals surface area (Å²) in [5.41, 5.74) is 1.87. The van der Waals surface area contributed by atoms with E-state index in [2.05, 4.69) is 17.0 Å². The molecule has 1 heterocycles. The van der Waals surface area contributed by atoms with Gasteiger partial charge in [-0.1, -0.05) is 12.1 Å². The van der Waals surface area contributed by atoms with Crippen LogP contribution in [-0.2, 0) is 20.8 Å². The Morgan fingerprint density at radius 3 is 3.04 bits per heavy atom. The lowest BCUT2D eigenvalue weighted by Gasteiger charge is -2.37. The number of hydrogen-bond donors (Lipinski definition) is 0. The third-order valence-electron chi connectivity index (χ3n) is 5.27. The predicted octanol–water partition coefficient (Wildman–Crippen LogP) is 1.64. The summed E-state index contributed by atoms with van der Waals surface area (Å²) in [6.45, 7) is 3.24. The van der Waals surface area contributed by atoms with Crippen LogP contribution in [0.15, 0.2) is 24.3 Å². The lowest BCUT2D eigenvalue weighted by atomic mass is 10.1. The number of rotatable bonds is 6. The van der Waals surface area contributed by atoms with E-state index in [0.717, 1.165) is 32.5 Å². The minimum Gasteiger partial charge on any atom is -0.375 e. The highest BCUT2D eigenvalue weighted by Crippen LogP contribution is 2.35. The smallest absolute Gasteiger partial charge is 0.248 e. The molecule has 3 atom stereocenters. The molecule has 0 aromatic heterocycles. The van der Waals surface area contributed by atoms with Crippen LogP contribution in [0.1, 0.15) is 24.0 Å². The van der Waals surface area contributed by atoms with Gasteiger partial charge in [-0.15, -0.1) is 0 Å². The van der Waals surface area contributed by atoms with Gasteiger partial charge < -0.3 is 14.4 Å². The Kier molecular flexibility index (Phi) is 6.25. The molecule has 2 fully saturated rings. The van der Waals surface area contributed by atoms with E-state index in [-0.39, 0.29) is 18.6 Å². The normalized spacial score (nSPS) is 25.5. The van der Waals surface area contributed by atoms with Gasteiger partial charge in [0.1, 0.15) is 6.61 Å². The Bertz CT molecular complexity index is 671. The van der Waals surface area contributed by atoms with Crippen molar-refractivity contribution in [2.24, 2.45) is 5.92 Å². The van der Waals surface area contributed by atoms with Crippen LogP contribution in [0.3, 0.4) is 0 Å². The van der Waals surface area contributed by atoms with Crippen LogP contribution >= 0.6 is 0 Å². The van der Waals surface area contributed by atoms with Crippen molar-refractivity contribution in [1.82, 2.24) is 9.80 Å². The summed E-state index contributed by atoms with van der Waals surface area (Å²) in [6.07, 6.45) is 2.25. The second-order valence-corrected chi connectivity index (χ2v) is 7.40. The van der Waals surface area contributed by atoms with Crippen molar-refractivity contribution >= 4 is 5.91 Å². The van der Waals surface area contributed by atoms with E-state index in [1.165, 1.54) is 5.56 Å². The van der Waals surface area contributed by atoms with Crippen molar-refractivity contribution in [1.29, 1.82) is 5.26 Å². The van der Waals surface area contributed by atoms with E-state index in [4.69, 9.17) is 14.7 Å². The zero-order chi connectivity index (χ0) is 18.5. The van der Waals surface area contributed by atoms with Gasteiger partial charge >= 0.3 is 0 Å². The molecule has 0 radical (unpaired) electrons. The number of likely N-dealkylation sites (N-methyl/N-ethyl adjacent to an activating group) is 1. The molecule has 0 N–H and O–H groups in total. The second-order valence-electron chi connectivity index (χ2n) is 7.40. The molecule has 3 unspecified atom stereocenters. The molecule has 2 aliphatic rings. The number of nitrogens with zero attached hydrogens (tertiary/aromatic N) is 3. The first-order chi connectivity index (χ1) is 12.6. The van der Waals surface area contributed by atoms with Crippen LogP contribution in [-0.4, -0.2) is 68.3 Å². The molecular weight excluding hydrogens is 330 g/mol. The maximum Gasteiger partial charge on any atom is 0.248 e. The van der Waals surface area contributed by atoms with E-state index in [1.54, 1.807) is 19.0 Å². The number of amides is 1. The fraction of sp³-hybridized carbons (Fsp3) is 0.600. The first-order valence-corrected chi connectivity index (χ1v) is 9.19. The van der Waals surface area contributed by atoms with Gasteiger partial charge in [0, 0.05) is 33.2 Å². The fourth-order valence-corrected chi connectivity index (χ4v) is 3.87. The molecule has 6 heteroatoms. The molecule has 1 aliphatic heterocycles. The van der Waals surface area contributed by atoms with Gasteiger partial charge in [0.15, 0.2) is 0 Å². The SMILES string of the molecule is CN(C)C(=O)COCC1CC2OCCN(Cc3cccc(C#N)c3)C2C1. The van der Waals surface area contributed by atoms with Gasteiger partial charge in [0.25, 0.3) is 0 Å². The Hall–Kier alpha value is -1.94. The van der Waals surface area contributed by atoms with Crippen molar-refractivity contribution in [2.45, 2.75) is 31.5 Å². The Labute approximate surface area is 155 Å². The Morgan fingerprint density at radius 1 is 1.42 bits per heavy atom. The maximum atomic E-state index is 11.6. The van der Waals surface area contributed by atoms with Crippen molar-refractivity contribution in [3.8, 4) is 6.07 Å². The molecule has 1 aliphatic carbocycles. The molecule has 1 aromatic rings. The van der Waals surface area contributed by atoms with E-state index in [1.807, 2.05) is 18.2 Å². The summed E-state index contributed by atoms with van der Waals surface area (Å²) in [5, 5.41) is 9.08. The van der Waals surface area contributed by atoms with Crippen molar-refractivity contribution in [3.63, 3.8) is 0 Å². The van der Waals surface area contributed by atoms with Gasteiger partial charge in [-0.05, 0) is 36.5 Å². The van der Waals surface area contributed by atoms with Crippen molar-refractivity contribution in [3.05, 3.63) is 35.4 Å². The highest BCUT2D eigenvalue weighted by molar-refractivity contribution is 5.76. The average molecular weight is 357 g/mol. The number of carbonyl (C=O) groups is 1. The zero-order valence-electron chi connectivity index (χ0n) is 15.6. The number of hydrogen-bond acceptors (Lipinski definition) is 5. The van der Waals surface area contributed by atoms with Crippen molar-refractivity contribution < 1.29 is 14.3 Å². The summed E-state index contributed by atoms with van der Waals surface area (Å²) in [4.78, 5) is 15.6. The van der Waals surface area contributed by atoms with Crippen LogP contribution in [0, 0.1) is 17.2 Å². The topological polar surface area (TPSA) is 65.8 Å². The number of ether oxygens (including phenoxy) is 2. The number of carbonyl (C=O) groups excluding carboxylic acids is 1. The Morgan fingerprint density at radius 2 is 2.27 bits per heavy atom. The van der Waals surface area contributed by atoms with Crippen LogP contribution in [0.2, 0.25) is 0 Å². The molecule has 0 bridgehead atoms. The highest BCUT2D eigenvalue weighted by atomic mass is 16.5. The molecule has 1 saturated carbocycles. The van der Waals surface area contributed by atoms with Crippen molar-refractivity contribution in [2.75, 3.05) is 40.5 Å². The second kappa shape index (κ2) is 8.63. The number of benzene rings is 1. The summed E-state index contributed by atoms with van der Waals surface area (Å²) in [5.74, 6) is 0.418. The number of fused-ring (bicyclic) bond motifs is 1. The maximum absolute atomic E-state index is 11.6. The number of nitriles is 1. The molecule has 1 amide bonds. The van der Waals surface area contributed by atoms with E-state index in [9.17, 15) is 4.79 Å². The van der Waals surface area contributed by atoms with Gasteiger partial charge in [-0.25, -0.2) is 0 Å². The van der Waals surface area contributed by atoms with Crippen LogP contribution in [0.5, 0.6) is 0 Å². The minimum atomic E-state index is -0.00401. The van der Waals surface area contributed by atoms with Crippen LogP contribution < -0.4 is 0 Å². The first-order valence-electron chi connectivity index (χ1n) is 9.19. The summed E-state index contributed by atoms with van der Waals surface area (Å²) < 4.78 is 11.6. The molecule has 6 nitrogen and oxygen atoms in total. The van der Waals surface area contributed by atoms with E-state index >= 15 is 0 Å². The molecule has 0 spiro atoms. The van der Waals surface area contributed by atoms with Crippen LogP contribution in [0.25, 0.3) is 0 Å². The molecule has 1 aromatic carbocycles. The lowest BCUT2D eigenvalue weighted by molar-refractivity contribution is -0.134. The quantitative estimate of drug-likeness (QED) is 0.774. The summed E-state index contributed by atoms with van der Waals surface area (Å²) >= 11 is 0. The van der Waals surface area contributed by atoms with Gasteiger partial charge in [-0.2, -0.15) is 5.26 Å². The standard InChI is InChI=1S/C20H27N3O3/c1-22(2)20(24)14-25-13-17-9-18-19(10-17)26-7-6-23(18)12-16-5-3-4-15(8-16)11-21/h3-5,8,17-19H,6-7,9-10,12-14H2,1-2H3. The monoisotopic (exact) mass is 357 g/mol. The van der Waals surface area contributed by atoms with Gasteiger partial charge in [0.2, 0.25) is 5.91 Å². The number of morpholine rings is 1. The van der Waals surface area contributed by atoms with Gasteiger partial charge in [0.05, 0.1) is 31.0 Å². The molecule has 140 valence electrons. The lowest BCUT2D eigenvalue weighted by Crippen LogP contribution is -2.47. The van der Waals surface area contributed by atoms with Crippen LogP contribution in [0.4, 0.5) is 0 Å². The van der Waals surface area contributed by atoms with Gasteiger partial charge in [-0.3, -0.25) is 9.69 Å². The third kappa shape index (κ3) is 4.61.